The third-order valence-electron chi connectivity index (χ3n) is 5.93. The van der Waals surface area contributed by atoms with Crippen molar-refractivity contribution >= 4 is 12.3 Å². The molecule has 0 saturated heterocycles. The summed E-state index contributed by atoms with van der Waals surface area (Å²) in [5.74, 6) is 1.44. The van der Waals surface area contributed by atoms with Gasteiger partial charge in [0.15, 0.2) is 0 Å². The predicted octanol–water partition coefficient (Wildman–Crippen LogP) is 7.82. The van der Waals surface area contributed by atoms with Gasteiger partial charge in [-0.15, -0.1) is 0 Å². The van der Waals surface area contributed by atoms with E-state index in [1.807, 2.05) is 0 Å². The Labute approximate surface area is 196 Å². The summed E-state index contributed by atoms with van der Waals surface area (Å²) in [5.41, 5.74) is 0. The molecule has 2 atom stereocenters. The van der Waals surface area contributed by atoms with Crippen LogP contribution in [-0.2, 0) is 18.9 Å². The lowest BCUT2D eigenvalue weighted by molar-refractivity contribution is -0.0713. The van der Waals surface area contributed by atoms with E-state index in [1.165, 1.54) is 32.1 Å². The van der Waals surface area contributed by atoms with Gasteiger partial charge in [0.25, 0.3) is 0 Å². The van der Waals surface area contributed by atoms with E-state index in [0.717, 1.165) is 50.9 Å². The highest BCUT2D eigenvalue weighted by Gasteiger charge is 2.32. The van der Waals surface area contributed by atoms with Gasteiger partial charge in [-0.2, -0.15) is 0 Å². The zero-order chi connectivity index (χ0) is 23.6. The van der Waals surface area contributed by atoms with E-state index in [1.54, 1.807) is 0 Å². The minimum absolute atomic E-state index is 0.365. The Bertz CT molecular complexity index is 491. The van der Waals surface area contributed by atoms with Crippen molar-refractivity contribution in [3.63, 3.8) is 0 Å². The minimum atomic E-state index is -0.670. The molecule has 1 fully saturated rings. The molecule has 6 heteroatoms. The van der Waals surface area contributed by atoms with E-state index >= 15 is 0 Å². The summed E-state index contributed by atoms with van der Waals surface area (Å²) in [6.07, 6.45) is 12.2. The van der Waals surface area contributed by atoms with Crippen LogP contribution in [0.3, 0.4) is 0 Å². The Morgan fingerprint density at radius 3 is 1.47 bits per heavy atom. The highest BCUT2D eigenvalue weighted by molar-refractivity contribution is 5.61. The molecule has 0 heterocycles. The van der Waals surface area contributed by atoms with Crippen LogP contribution in [0, 0.1) is 11.8 Å². The van der Waals surface area contributed by atoms with Gasteiger partial charge >= 0.3 is 12.3 Å². The number of carbonyl (C=O) groups is 2. The van der Waals surface area contributed by atoms with Crippen molar-refractivity contribution in [1.29, 1.82) is 0 Å². The molecule has 0 aromatic carbocycles. The van der Waals surface area contributed by atoms with Gasteiger partial charge in [-0.05, 0) is 56.8 Å². The predicted molar refractivity (Wildman–Crippen MR) is 127 cm³/mol. The number of hydrogen-bond donors (Lipinski definition) is 0. The highest BCUT2D eigenvalue weighted by atomic mass is 16.8. The monoisotopic (exact) mass is 456 g/mol. The normalized spacial score (nSPS) is 18.6. The second-order valence-electron chi connectivity index (χ2n) is 9.99. The average Bonchev–Trinajstić information content (AvgIpc) is 2.73. The smallest absolute Gasteiger partial charge is 0.434 e. The van der Waals surface area contributed by atoms with E-state index in [2.05, 4.69) is 27.7 Å². The molecule has 0 aliphatic heterocycles. The first-order valence-corrected chi connectivity index (χ1v) is 13.0. The summed E-state index contributed by atoms with van der Waals surface area (Å²) in [5, 5.41) is 0. The van der Waals surface area contributed by atoms with Crippen molar-refractivity contribution in [1.82, 2.24) is 0 Å². The fourth-order valence-corrected chi connectivity index (χ4v) is 3.98. The van der Waals surface area contributed by atoms with Crippen LogP contribution in [0.4, 0.5) is 9.59 Å². The lowest BCUT2D eigenvalue weighted by atomic mass is 9.95. The Morgan fingerprint density at radius 1 is 0.625 bits per heavy atom. The third-order valence-corrected chi connectivity index (χ3v) is 5.93. The fraction of sp³-hybridized carbons (Fsp3) is 0.923. The highest BCUT2D eigenvalue weighted by Crippen LogP contribution is 2.25. The van der Waals surface area contributed by atoms with Gasteiger partial charge < -0.3 is 18.9 Å². The molecule has 0 bridgehead atoms. The van der Waals surface area contributed by atoms with Crippen molar-refractivity contribution < 1.29 is 28.5 Å². The molecular formula is C26H48O6. The SMILES string of the molecule is CC(C)CCCCCCCCOC(=O)OC1CCCCC1OC(=O)OCCCCC(C)C. The fourth-order valence-electron chi connectivity index (χ4n) is 3.98. The standard InChI is InChI=1S/C26H48O6/c1-21(2)15-9-7-5-6-8-13-19-29-25(27)31-23-17-10-11-18-24(23)32-26(28)30-20-14-12-16-22(3)4/h21-24H,5-20H2,1-4H3. The quantitative estimate of drug-likeness (QED) is 0.174. The number of ether oxygens (including phenoxy) is 4. The first-order chi connectivity index (χ1) is 15.4. The molecule has 0 aromatic rings. The van der Waals surface area contributed by atoms with Crippen molar-refractivity contribution in [2.75, 3.05) is 13.2 Å². The Balaban J connectivity index is 2.14. The van der Waals surface area contributed by atoms with Crippen molar-refractivity contribution in [3.05, 3.63) is 0 Å². The van der Waals surface area contributed by atoms with Crippen LogP contribution in [0.25, 0.3) is 0 Å². The van der Waals surface area contributed by atoms with Gasteiger partial charge in [0.1, 0.15) is 12.2 Å². The van der Waals surface area contributed by atoms with Crippen LogP contribution in [0.2, 0.25) is 0 Å². The molecule has 0 spiro atoms. The summed E-state index contributed by atoms with van der Waals surface area (Å²) in [6.45, 7) is 9.63. The van der Waals surface area contributed by atoms with Crippen LogP contribution in [0.15, 0.2) is 0 Å². The maximum absolute atomic E-state index is 12.1. The Morgan fingerprint density at radius 2 is 1.00 bits per heavy atom. The molecular weight excluding hydrogens is 408 g/mol. The maximum Gasteiger partial charge on any atom is 0.508 e. The van der Waals surface area contributed by atoms with Gasteiger partial charge in [-0.1, -0.05) is 72.6 Å². The summed E-state index contributed by atoms with van der Waals surface area (Å²) < 4.78 is 21.3. The molecule has 188 valence electrons. The zero-order valence-corrected chi connectivity index (χ0v) is 21.1. The second kappa shape index (κ2) is 18.0. The van der Waals surface area contributed by atoms with E-state index < -0.39 is 24.5 Å². The number of unbranched alkanes of at least 4 members (excludes halogenated alkanes) is 6. The van der Waals surface area contributed by atoms with E-state index in [4.69, 9.17) is 18.9 Å². The zero-order valence-electron chi connectivity index (χ0n) is 21.1. The van der Waals surface area contributed by atoms with Crippen LogP contribution in [-0.4, -0.2) is 37.7 Å². The van der Waals surface area contributed by atoms with Crippen molar-refractivity contribution in [2.45, 2.75) is 130 Å². The summed E-state index contributed by atoms with van der Waals surface area (Å²) >= 11 is 0. The first kappa shape index (κ1) is 28.6. The van der Waals surface area contributed by atoms with Crippen molar-refractivity contribution in [3.8, 4) is 0 Å². The van der Waals surface area contributed by atoms with Crippen LogP contribution < -0.4 is 0 Å². The molecule has 0 aromatic heterocycles. The molecule has 0 radical (unpaired) electrons. The summed E-state index contributed by atoms with van der Waals surface area (Å²) in [7, 11) is 0. The molecule has 1 aliphatic rings. The largest absolute Gasteiger partial charge is 0.508 e. The van der Waals surface area contributed by atoms with Crippen LogP contribution >= 0.6 is 0 Å². The van der Waals surface area contributed by atoms with Gasteiger partial charge in [0.05, 0.1) is 13.2 Å². The number of rotatable bonds is 16. The van der Waals surface area contributed by atoms with Gasteiger partial charge in [0.2, 0.25) is 0 Å². The average molecular weight is 457 g/mol. The third kappa shape index (κ3) is 15.4. The van der Waals surface area contributed by atoms with E-state index in [9.17, 15) is 9.59 Å². The Kier molecular flexibility index (Phi) is 16.1. The maximum atomic E-state index is 12.1. The number of hydrogen-bond acceptors (Lipinski definition) is 6. The van der Waals surface area contributed by atoms with Gasteiger partial charge in [-0.25, -0.2) is 9.59 Å². The Hall–Kier alpha value is -1.46. The molecule has 0 amide bonds. The number of carbonyl (C=O) groups excluding carboxylic acids is 2. The molecule has 1 aliphatic carbocycles. The van der Waals surface area contributed by atoms with Crippen LogP contribution in [0.5, 0.6) is 0 Å². The second-order valence-corrected chi connectivity index (χ2v) is 9.99. The lowest BCUT2D eigenvalue weighted by Crippen LogP contribution is -2.38. The van der Waals surface area contributed by atoms with Gasteiger partial charge in [0, 0.05) is 0 Å². The van der Waals surface area contributed by atoms with E-state index in [0.29, 0.717) is 32.0 Å². The van der Waals surface area contributed by atoms with E-state index in [-0.39, 0.29) is 0 Å². The molecule has 1 saturated carbocycles. The first-order valence-electron chi connectivity index (χ1n) is 13.0. The molecule has 2 unspecified atom stereocenters. The van der Waals surface area contributed by atoms with Crippen LogP contribution in [0.1, 0.15) is 118 Å². The molecule has 6 nitrogen and oxygen atoms in total. The molecule has 32 heavy (non-hydrogen) atoms. The van der Waals surface area contributed by atoms with Crippen molar-refractivity contribution in [2.24, 2.45) is 11.8 Å². The lowest BCUT2D eigenvalue weighted by Gasteiger charge is -2.29. The topological polar surface area (TPSA) is 71.1 Å². The summed E-state index contributed by atoms with van der Waals surface area (Å²) in [4.78, 5) is 24.1. The van der Waals surface area contributed by atoms with Gasteiger partial charge in [-0.3, -0.25) is 0 Å². The molecule has 1 rings (SSSR count). The summed E-state index contributed by atoms with van der Waals surface area (Å²) in [6, 6.07) is 0. The molecule has 0 N–H and O–H groups in total. The minimum Gasteiger partial charge on any atom is -0.434 e.